The molecular formula is C20H21NO5. The minimum Gasteiger partial charge on any atom is -0.508 e. The van der Waals surface area contributed by atoms with Crippen molar-refractivity contribution in [1.29, 1.82) is 0 Å². The van der Waals surface area contributed by atoms with Gasteiger partial charge in [0.25, 0.3) is 0 Å². The third-order valence-electron chi connectivity index (χ3n) is 4.85. The highest BCUT2D eigenvalue weighted by Gasteiger charge is 2.52. The van der Waals surface area contributed by atoms with Gasteiger partial charge in [-0.05, 0) is 18.6 Å². The van der Waals surface area contributed by atoms with E-state index in [1.807, 2.05) is 31.2 Å². The number of phenolic OH excluding ortho intramolecular Hbond substituents is 2. The second-order valence-electron chi connectivity index (χ2n) is 6.56. The highest BCUT2D eigenvalue weighted by molar-refractivity contribution is 6.00. The van der Waals surface area contributed by atoms with Crippen molar-refractivity contribution in [3.63, 3.8) is 0 Å². The molecule has 1 fully saturated rings. The van der Waals surface area contributed by atoms with Gasteiger partial charge in [-0.1, -0.05) is 36.4 Å². The smallest absolute Gasteiger partial charge is 0.247 e. The van der Waals surface area contributed by atoms with E-state index in [1.54, 1.807) is 0 Å². The van der Waals surface area contributed by atoms with Gasteiger partial charge in [0.15, 0.2) is 0 Å². The van der Waals surface area contributed by atoms with Crippen LogP contribution in [0.3, 0.4) is 0 Å². The summed E-state index contributed by atoms with van der Waals surface area (Å²) in [4.78, 5) is 11.6. The van der Waals surface area contributed by atoms with E-state index in [-0.39, 0.29) is 22.7 Å². The first-order valence-corrected chi connectivity index (χ1v) is 8.25. The number of aliphatic hydroxyl groups is 2. The zero-order valence-corrected chi connectivity index (χ0v) is 14.3. The van der Waals surface area contributed by atoms with Crippen LogP contribution in [0, 0.1) is 6.92 Å². The van der Waals surface area contributed by atoms with Gasteiger partial charge < -0.3 is 25.7 Å². The third-order valence-corrected chi connectivity index (χ3v) is 4.85. The normalized spacial score (nSPS) is 24.6. The minimum atomic E-state index is -0.956. The molecule has 0 heterocycles. The maximum absolute atomic E-state index is 11.6. The SMILES string of the molecule is C=CC(=O)Nc1cc(O)cc(O)c1C1C(O)C(c2ccc(C)cc2)C1O. The largest absolute Gasteiger partial charge is 0.508 e. The van der Waals surface area contributed by atoms with Crippen LogP contribution in [0.4, 0.5) is 5.69 Å². The average Bonchev–Trinajstić information content (AvgIpc) is 2.59. The summed E-state index contributed by atoms with van der Waals surface area (Å²) >= 11 is 0. The number of phenols is 2. The van der Waals surface area contributed by atoms with Gasteiger partial charge in [-0.15, -0.1) is 0 Å². The summed E-state index contributed by atoms with van der Waals surface area (Å²) in [6.45, 7) is 5.31. The van der Waals surface area contributed by atoms with Crippen molar-refractivity contribution in [3.05, 3.63) is 65.7 Å². The molecule has 136 valence electrons. The molecule has 0 radical (unpaired) electrons. The van der Waals surface area contributed by atoms with Crippen molar-refractivity contribution >= 4 is 11.6 Å². The van der Waals surface area contributed by atoms with Crippen LogP contribution in [0.15, 0.2) is 49.1 Å². The predicted octanol–water partition coefficient (Wildman–Crippen LogP) is 2.13. The highest BCUT2D eigenvalue weighted by atomic mass is 16.3. The summed E-state index contributed by atoms with van der Waals surface area (Å²) < 4.78 is 0. The fraction of sp³-hybridized carbons (Fsp3) is 0.250. The molecule has 6 heteroatoms. The topological polar surface area (TPSA) is 110 Å². The number of carbonyl (C=O) groups excluding carboxylic acids is 1. The molecule has 1 saturated carbocycles. The number of aryl methyl sites for hydroxylation is 1. The van der Waals surface area contributed by atoms with Crippen LogP contribution in [-0.4, -0.2) is 38.5 Å². The van der Waals surface area contributed by atoms with Gasteiger partial charge in [0.2, 0.25) is 5.91 Å². The van der Waals surface area contributed by atoms with E-state index in [1.165, 1.54) is 6.07 Å². The molecule has 2 unspecified atom stereocenters. The lowest BCUT2D eigenvalue weighted by Gasteiger charge is -2.47. The van der Waals surface area contributed by atoms with Crippen LogP contribution in [0.5, 0.6) is 11.5 Å². The van der Waals surface area contributed by atoms with Crippen molar-refractivity contribution in [2.45, 2.75) is 31.0 Å². The second-order valence-corrected chi connectivity index (χ2v) is 6.56. The molecule has 3 rings (SSSR count). The van der Waals surface area contributed by atoms with Gasteiger partial charge >= 0.3 is 0 Å². The molecular weight excluding hydrogens is 334 g/mol. The van der Waals surface area contributed by atoms with Crippen molar-refractivity contribution in [3.8, 4) is 11.5 Å². The molecule has 1 aliphatic rings. The predicted molar refractivity (Wildman–Crippen MR) is 97.3 cm³/mol. The van der Waals surface area contributed by atoms with E-state index in [4.69, 9.17) is 0 Å². The molecule has 2 aromatic carbocycles. The van der Waals surface area contributed by atoms with Crippen molar-refractivity contribution in [1.82, 2.24) is 0 Å². The van der Waals surface area contributed by atoms with Gasteiger partial charge in [-0.2, -0.15) is 0 Å². The zero-order valence-electron chi connectivity index (χ0n) is 14.3. The summed E-state index contributed by atoms with van der Waals surface area (Å²) in [5.41, 5.74) is 2.17. The van der Waals surface area contributed by atoms with Crippen LogP contribution in [0.1, 0.15) is 28.5 Å². The Balaban J connectivity index is 1.96. The third kappa shape index (κ3) is 3.05. The number of hydrogen-bond donors (Lipinski definition) is 5. The molecule has 1 aliphatic carbocycles. The Hall–Kier alpha value is -2.83. The van der Waals surface area contributed by atoms with Gasteiger partial charge in [-0.3, -0.25) is 4.79 Å². The molecule has 0 spiro atoms. The molecule has 2 aromatic rings. The Bertz CT molecular complexity index is 836. The number of rotatable bonds is 4. The lowest BCUT2D eigenvalue weighted by atomic mass is 9.63. The molecule has 0 aromatic heterocycles. The average molecular weight is 355 g/mol. The van der Waals surface area contributed by atoms with Crippen molar-refractivity contribution in [2.24, 2.45) is 0 Å². The quantitative estimate of drug-likeness (QED) is 0.540. The molecule has 6 nitrogen and oxygen atoms in total. The number of hydrogen-bond acceptors (Lipinski definition) is 5. The number of carbonyl (C=O) groups is 1. The zero-order chi connectivity index (χ0) is 19.0. The fourth-order valence-corrected chi connectivity index (χ4v) is 3.49. The standard InChI is InChI=1S/C20H21NO5/c1-3-15(24)21-13-8-12(22)9-14(23)17(13)18-19(25)16(20(18)26)11-6-4-10(2)5-7-11/h3-9,16,18-20,22-23,25-26H,1H2,2H3,(H,21,24). The van der Waals surface area contributed by atoms with Crippen LogP contribution in [0.25, 0.3) is 0 Å². The Labute approximate surface area is 151 Å². The number of aliphatic hydroxyl groups excluding tert-OH is 2. The summed E-state index contributed by atoms with van der Waals surface area (Å²) in [6.07, 6.45) is -0.863. The first-order chi connectivity index (χ1) is 12.3. The number of nitrogens with one attached hydrogen (secondary N) is 1. The second kappa shape index (κ2) is 6.82. The van der Waals surface area contributed by atoms with E-state index in [2.05, 4.69) is 11.9 Å². The maximum atomic E-state index is 11.6. The number of benzene rings is 2. The van der Waals surface area contributed by atoms with Crippen LogP contribution >= 0.6 is 0 Å². The molecule has 0 aliphatic heterocycles. The molecule has 0 saturated heterocycles. The Morgan fingerprint density at radius 2 is 1.69 bits per heavy atom. The van der Waals surface area contributed by atoms with Gasteiger partial charge in [0.1, 0.15) is 11.5 Å². The molecule has 0 bridgehead atoms. The number of amides is 1. The van der Waals surface area contributed by atoms with Gasteiger partial charge in [0, 0.05) is 29.5 Å². The molecule has 5 N–H and O–H groups in total. The monoisotopic (exact) mass is 355 g/mol. The van der Waals surface area contributed by atoms with E-state index < -0.39 is 30.0 Å². The molecule has 1 amide bonds. The first kappa shape index (κ1) is 18.0. The Morgan fingerprint density at radius 3 is 2.27 bits per heavy atom. The molecule has 2 atom stereocenters. The Morgan fingerprint density at radius 1 is 1.08 bits per heavy atom. The summed E-state index contributed by atoms with van der Waals surface area (Å²) in [5.74, 6) is -2.40. The van der Waals surface area contributed by atoms with Crippen molar-refractivity contribution in [2.75, 3.05) is 5.32 Å². The fourth-order valence-electron chi connectivity index (χ4n) is 3.49. The maximum Gasteiger partial charge on any atom is 0.247 e. The summed E-state index contributed by atoms with van der Waals surface area (Å²) in [5, 5.41) is 43.8. The number of aromatic hydroxyl groups is 2. The lowest BCUT2D eigenvalue weighted by Crippen LogP contribution is -2.51. The highest BCUT2D eigenvalue weighted by Crippen LogP contribution is 2.52. The van der Waals surface area contributed by atoms with E-state index in [9.17, 15) is 25.2 Å². The van der Waals surface area contributed by atoms with E-state index >= 15 is 0 Å². The van der Waals surface area contributed by atoms with Crippen LogP contribution < -0.4 is 5.32 Å². The lowest BCUT2D eigenvalue weighted by molar-refractivity contribution is -0.112. The van der Waals surface area contributed by atoms with Crippen LogP contribution in [0.2, 0.25) is 0 Å². The van der Waals surface area contributed by atoms with Crippen LogP contribution in [-0.2, 0) is 4.79 Å². The van der Waals surface area contributed by atoms with Gasteiger partial charge in [0.05, 0.1) is 17.9 Å². The molecule has 26 heavy (non-hydrogen) atoms. The minimum absolute atomic E-state index is 0.123. The first-order valence-electron chi connectivity index (χ1n) is 8.25. The van der Waals surface area contributed by atoms with E-state index in [0.717, 1.165) is 23.3 Å². The Kier molecular flexibility index (Phi) is 4.71. The number of anilines is 1. The van der Waals surface area contributed by atoms with Crippen molar-refractivity contribution < 1.29 is 25.2 Å². The van der Waals surface area contributed by atoms with E-state index in [0.29, 0.717) is 0 Å². The summed E-state index contributed by atoms with van der Waals surface area (Å²) in [7, 11) is 0. The van der Waals surface area contributed by atoms with Gasteiger partial charge in [-0.25, -0.2) is 0 Å². The summed E-state index contributed by atoms with van der Waals surface area (Å²) in [6, 6.07) is 9.86.